The van der Waals surface area contributed by atoms with E-state index in [0.29, 0.717) is 5.56 Å². The van der Waals surface area contributed by atoms with Crippen molar-refractivity contribution in [1.82, 2.24) is 0 Å². The Morgan fingerprint density at radius 1 is 1.61 bits per heavy atom. The van der Waals surface area contributed by atoms with E-state index in [1.807, 2.05) is 0 Å². The van der Waals surface area contributed by atoms with Gasteiger partial charge in [0.2, 0.25) is 0 Å². The number of carbonyl (C=O) groups excluding carboxylic acids is 1. The second-order valence-electron chi connectivity index (χ2n) is 3.22. The Morgan fingerprint density at radius 3 is 2.72 bits per heavy atom. The van der Waals surface area contributed by atoms with Crippen LogP contribution < -0.4 is 10.5 Å². The van der Waals surface area contributed by atoms with E-state index in [9.17, 15) is 14.9 Å². The summed E-state index contributed by atoms with van der Waals surface area (Å²) in [6.45, 7) is 0. The highest BCUT2D eigenvalue weighted by Gasteiger charge is 2.15. The van der Waals surface area contributed by atoms with E-state index in [1.54, 1.807) is 6.07 Å². The first-order valence-corrected chi connectivity index (χ1v) is 4.73. The van der Waals surface area contributed by atoms with Crippen LogP contribution in [0, 0.1) is 21.4 Å². The Morgan fingerprint density at radius 2 is 2.28 bits per heavy atom. The number of nitro benzene ring substituents is 1. The molecule has 0 aliphatic carbocycles. The number of nitrogens with zero attached hydrogens (tertiary/aromatic N) is 2. The molecule has 2 N–H and O–H groups in total. The average molecular weight is 247 g/mol. The summed E-state index contributed by atoms with van der Waals surface area (Å²) < 4.78 is 4.82. The normalized spacial score (nSPS) is 10.6. The summed E-state index contributed by atoms with van der Waals surface area (Å²) >= 11 is 0. The maximum atomic E-state index is 10.8. The van der Waals surface area contributed by atoms with Crippen LogP contribution in [0.1, 0.15) is 5.56 Å². The summed E-state index contributed by atoms with van der Waals surface area (Å²) in [6, 6.07) is 5.66. The molecule has 0 spiro atoms. The molecule has 7 nitrogen and oxygen atoms in total. The van der Waals surface area contributed by atoms with Gasteiger partial charge in [-0.1, -0.05) is 6.07 Å². The summed E-state index contributed by atoms with van der Waals surface area (Å²) in [5.41, 5.74) is 4.74. The number of benzene rings is 1. The van der Waals surface area contributed by atoms with E-state index in [0.717, 1.165) is 0 Å². The molecule has 1 aromatic carbocycles. The Bertz CT molecular complexity index is 572. The van der Waals surface area contributed by atoms with Crippen LogP contribution in [0.5, 0.6) is 5.75 Å². The van der Waals surface area contributed by atoms with Gasteiger partial charge in [-0.2, -0.15) is 5.26 Å². The summed E-state index contributed by atoms with van der Waals surface area (Å²) in [6.07, 6.45) is 1.18. The van der Waals surface area contributed by atoms with Crippen molar-refractivity contribution in [2.24, 2.45) is 5.73 Å². The molecule has 0 heterocycles. The number of ether oxygens (including phenoxy) is 1. The number of primary amides is 1. The highest BCUT2D eigenvalue weighted by atomic mass is 16.6. The van der Waals surface area contributed by atoms with Crippen LogP contribution in [0.4, 0.5) is 5.69 Å². The van der Waals surface area contributed by atoms with Crippen LogP contribution in [0.25, 0.3) is 6.08 Å². The van der Waals surface area contributed by atoms with E-state index in [2.05, 4.69) is 0 Å². The fourth-order valence-electron chi connectivity index (χ4n) is 1.26. The summed E-state index contributed by atoms with van der Waals surface area (Å²) in [5, 5.41) is 19.4. The van der Waals surface area contributed by atoms with E-state index in [1.165, 1.54) is 31.4 Å². The molecule has 1 aromatic rings. The highest BCUT2D eigenvalue weighted by Crippen LogP contribution is 2.28. The molecule has 7 heteroatoms. The van der Waals surface area contributed by atoms with Crippen molar-refractivity contribution in [2.75, 3.05) is 7.11 Å². The van der Waals surface area contributed by atoms with Crippen LogP contribution in [0.2, 0.25) is 0 Å². The first-order chi connectivity index (χ1) is 8.49. The van der Waals surface area contributed by atoms with Crippen LogP contribution in [0.15, 0.2) is 23.8 Å². The first-order valence-electron chi connectivity index (χ1n) is 4.73. The first kappa shape index (κ1) is 13.2. The lowest BCUT2D eigenvalue weighted by Gasteiger charge is -2.02. The molecule has 1 amide bonds. The van der Waals surface area contributed by atoms with Crippen molar-refractivity contribution in [3.63, 3.8) is 0 Å². The highest BCUT2D eigenvalue weighted by molar-refractivity contribution is 6.00. The molecular weight excluding hydrogens is 238 g/mol. The lowest BCUT2D eigenvalue weighted by molar-refractivity contribution is -0.385. The quantitative estimate of drug-likeness (QED) is 0.368. The monoisotopic (exact) mass is 247 g/mol. The Balaban J connectivity index is 3.29. The van der Waals surface area contributed by atoms with Crippen molar-refractivity contribution >= 4 is 17.7 Å². The number of nitro groups is 1. The molecule has 0 aliphatic rings. The van der Waals surface area contributed by atoms with E-state index >= 15 is 0 Å². The number of rotatable bonds is 4. The minimum absolute atomic E-state index is 0.0923. The van der Waals surface area contributed by atoms with E-state index in [4.69, 9.17) is 15.7 Å². The molecular formula is C11H9N3O4. The average Bonchev–Trinajstić information content (AvgIpc) is 2.35. The van der Waals surface area contributed by atoms with Crippen molar-refractivity contribution in [3.8, 4) is 11.8 Å². The molecule has 0 aromatic heterocycles. The summed E-state index contributed by atoms with van der Waals surface area (Å²) in [7, 11) is 1.31. The van der Waals surface area contributed by atoms with Crippen LogP contribution in [-0.4, -0.2) is 17.9 Å². The van der Waals surface area contributed by atoms with Gasteiger partial charge in [0.25, 0.3) is 5.91 Å². The van der Waals surface area contributed by atoms with Gasteiger partial charge >= 0.3 is 5.69 Å². The van der Waals surface area contributed by atoms with Gasteiger partial charge in [-0.05, 0) is 17.7 Å². The van der Waals surface area contributed by atoms with E-state index in [-0.39, 0.29) is 17.0 Å². The predicted molar refractivity (Wildman–Crippen MR) is 62.4 cm³/mol. The zero-order valence-corrected chi connectivity index (χ0v) is 9.41. The standard InChI is InChI=1S/C11H9N3O4/c1-18-10-3-2-7(5-9(10)14(16)17)4-8(6-12)11(13)15/h2-5H,1H3,(H2,13,15)/b8-4-. The van der Waals surface area contributed by atoms with Crippen LogP contribution in [0.3, 0.4) is 0 Å². The molecule has 0 radical (unpaired) electrons. The van der Waals surface area contributed by atoms with Gasteiger partial charge in [0.05, 0.1) is 12.0 Å². The smallest absolute Gasteiger partial charge is 0.311 e. The molecule has 0 bridgehead atoms. The van der Waals surface area contributed by atoms with Gasteiger partial charge in [-0.15, -0.1) is 0 Å². The second kappa shape index (κ2) is 5.45. The fourth-order valence-corrected chi connectivity index (χ4v) is 1.26. The van der Waals surface area contributed by atoms with Crippen LogP contribution >= 0.6 is 0 Å². The molecule has 0 fully saturated rings. The summed E-state index contributed by atoms with van der Waals surface area (Å²) in [5.74, 6) is -0.800. The number of nitriles is 1. The second-order valence-corrected chi connectivity index (χ2v) is 3.22. The van der Waals surface area contributed by atoms with Crippen molar-refractivity contribution in [3.05, 3.63) is 39.4 Å². The van der Waals surface area contributed by atoms with Crippen molar-refractivity contribution in [1.29, 1.82) is 5.26 Å². The largest absolute Gasteiger partial charge is 0.490 e. The topological polar surface area (TPSA) is 119 Å². The minimum atomic E-state index is -0.893. The molecule has 1 rings (SSSR count). The summed E-state index contributed by atoms with van der Waals surface area (Å²) in [4.78, 5) is 21.0. The van der Waals surface area contributed by atoms with Crippen LogP contribution in [-0.2, 0) is 4.79 Å². The van der Waals surface area contributed by atoms with Gasteiger partial charge in [0, 0.05) is 6.07 Å². The third-order valence-corrected chi connectivity index (χ3v) is 2.10. The molecule has 0 saturated heterocycles. The van der Waals surface area contributed by atoms with Crippen molar-refractivity contribution < 1.29 is 14.5 Å². The number of nitrogens with two attached hydrogens (primary N) is 1. The lowest BCUT2D eigenvalue weighted by atomic mass is 10.1. The lowest BCUT2D eigenvalue weighted by Crippen LogP contribution is -2.12. The molecule has 0 atom stereocenters. The van der Waals surface area contributed by atoms with Gasteiger partial charge in [0.15, 0.2) is 5.75 Å². The SMILES string of the molecule is COc1ccc(/C=C(/C#N)C(N)=O)cc1[N+](=O)[O-]. The molecule has 18 heavy (non-hydrogen) atoms. The fraction of sp³-hybridized carbons (Fsp3) is 0.0909. The number of hydrogen-bond donors (Lipinski definition) is 1. The Hall–Kier alpha value is -2.88. The van der Waals surface area contributed by atoms with Gasteiger partial charge in [0.1, 0.15) is 11.6 Å². The maximum Gasteiger partial charge on any atom is 0.311 e. The van der Waals surface area contributed by atoms with Gasteiger partial charge in [-0.25, -0.2) is 0 Å². The molecule has 0 aliphatic heterocycles. The molecule has 0 unspecified atom stereocenters. The van der Waals surface area contributed by atoms with E-state index < -0.39 is 10.8 Å². The van der Waals surface area contributed by atoms with Gasteiger partial charge < -0.3 is 10.5 Å². The zero-order valence-electron chi connectivity index (χ0n) is 9.41. The minimum Gasteiger partial charge on any atom is -0.490 e. The molecule has 92 valence electrons. The maximum absolute atomic E-state index is 10.8. The third kappa shape index (κ3) is 2.82. The molecule has 0 saturated carbocycles. The van der Waals surface area contributed by atoms with Crippen molar-refractivity contribution in [2.45, 2.75) is 0 Å². The number of hydrogen-bond acceptors (Lipinski definition) is 5. The zero-order chi connectivity index (χ0) is 13.7. The number of amides is 1. The number of methoxy groups -OCH3 is 1. The predicted octanol–water partition coefficient (Wildman–Crippen LogP) is 0.996. The Labute approximate surface area is 102 Å². The number of carbonyl (C=O) groups is 1. The van der Waals surface area contributed by atoms with Gasteiger partial charge in [-0.3, -0.25) is 14.9 Å². The Kier molecular flexibility index (Phi) is 3.99. The third-order valence-electron chi connectivity index (χ3n) is 2.10.